The van der Waals surface area contributed by atoms with Crippen LogP contribution in [0.2, 0.25) is 5.02 Å². The largest absolute Gasteiger partial charge is 0.496 e. The molecule has 1 aromatic heterocycles. The summed E-state index contributed by atoms with van der Waals surface area (Å²) in [4.78, 5) is 11.1. The van der Waals surface area contributed by atoms with Gasteiger partial charge in [0.1, 0.15) is 11.3 Å². The first-order valence-corrected chi connectivity index (χ1v) is 5.53. The van der Waals surface area contributed by atoms with E-state index in [4.69, 9.17) is 21.4 Å². The zero-order chi connectivity index (χ0) is 13.3. The fourth-order valence-electron chi connectivity index (χ4n) is 1.84. The van der Waals surface area contributed by atoms with Crippen molar-refractivity contribution in [3.05, 3.63) is 34.5 Å². The summed E-state index contributed by atoms with van der Waals surface area (Å²) in [5.74, 6) is -0.482. The molecule has 94 valence electrons. The van der Waals surface area contributed by atoms with Crippen LogP contribution >= 0.6 is 11.6 Å². The highest BCUT2D eigenvalue weighted by Crippen LogP contribution is 2.36. The van der Waals surface area contributed by atoms with Gasteiger partial charge in [0.25, 0.3) is 0 Å². The molecule has 0 fully saturated rings. The van der Waals surface area contributed by atoms with Crippen molar-refractivity contribution in [2.45, 2.75) is 6.92 Å². The standard InChI is InChI=1S/C12H11ClN2O3/c1-6-3-7(13)4-8(11(6)18-2)10-9(12(16)17)5-14-15-10/h3-5H,1-2H3,(H,14,15)(H,16,17). The second kappa shape index (κ2) is 4.70. The van der Waals surface area contributed by atoms with Crippen molar-refractivity contribution < 1.29 is 14.6 Å². The molecular weight excluding hydrogens is 256 g/mol. The molecule has 0 spiro atoms. The minimum absolute atomic E-state index is 0.0787. The van der Waals surface area contributed by atoms with E-state index in [1.807, 2.05) is 6.92 Å². The van der Waals surface area contributed by atoms with Gasteiger partial charge in [-0.3, -0.25) is 5.10 Å². The van der Waals surface area contributed by atoms with Gasteiger partial charge in [-0.25, -0.2) is 4.79 Å². The van der Waals surface area contributed by atoms with Crippen LogP contribution in [0.15, 0.2) is 18.3 Å². The normalized spacial score (nSPS) is 10.4. The molecule has 5 nitrogen and oxygen atoms in total. The molecule has 1 heterocycles. The molecule has 0 amide bonds. The Labute approximate surface area is 108 Å². The number of aryl methyl sites for hydroxylation is 1. The van der Waals surface area contributed by atoms with Crippen molar-refractivity contribution in [1.29, 1.82) is 0 Å². The number of carboxylic acids is 1. The first-order valence-electron chi connectivity index (χ1n) is 5.15. The fourth-order valence-corrected chi connectivity index (χ4v) is 2.11. The maximum atomic E-state index is 11.1. The average Bonchev–Trinajstić information content (AvgIpc) is 2.76. The Morgan fingerprint density at radius 1 is 1.50 bits per heavy atom. The maximum absolute atomic E-state index is 11.1. The van der Waals surface area contributed by atoms with E-state index in [-0.39, 0.29) is 5.56 Å². The van der Waals surface area contributed by atoms with Gasteiger partial charge in [0.15, 0.2) is 0 Å². The third kappa shape index (κ3) is 2.04. The van der Waals surface area contributed by atoms with Crippen molar-refractivity contribution in [3.8, 4) is 17.0 Å². The number of nitrogens with zero attached hydrogens (tertiary/aromatic N) is 1. The number of methoxy groups -OCH3 is 1. The summed E-state index contributed by atoms with van der Waals surface area (Å²) >= 11 is 5.99. The number of halogens is 1. The summed E-state index contributed by atoms with van der Waals surface area (Å²) in [6.07, 6.45) is 1.26. The second-order valence-electron chi connectivity index (χ2n) is 3.77. The van der Waals surface area contributed by atoms with Crippen LogP contribution < -0.4 is 4.74 Å². The number of hydrogen-bond donors (Lipinski definition) is 2. The molecule has 0 aliphatic rings. The Kier molecular flexibility index (Phi) is 3.25. The molecule has 0 bridgehead atoms. The van der Waals surface area contributed by atoms with E-state index in [2.05, 4.69) is 10.2 Å². The van der Waals surface area contributed by atoms with E-state index in [9.17, 15) is 4.79 Å². The Balaban J connectivity index is 2.70. The Hall–Kier alpha value is -2.01. The number of aromatic amines is 1. The lowest BCUT2D eigenvalue weighted by atomic mass is 10.0. The van der Waals surface area contributed by atoms with E-state index in [0.717, 1.165) is 5.56 Å². The number of aromatic nitrogens is 2. The first kappa shape index (κ1) is 12.4. The highest BCUT2D eigenvalue weighted by Gasteiger charge is 2.19. The molecule has 2 rings (SSSR count). The molecule has 0 saturated heterocycles. The number of aromatic carboxylic acids is 1. The molecule has 2 aromatic rings. The number of rotatable bonds is 3. The van der Waals surface area contributed by atoms with E-state index < -0.39 is 5.97 Å². The molecule has 6 heteroatoms. The van der Waals surface area contributed by atoms with Crippen molar-refractivity contribution in [2.75, 3.05) is 7.11 Å². The van der Waals surface area contributed by atoms with Gasteiger partial charge in [-0.05, 0) is 24.6 Å². The number of carboxylic acid groups (broad SMARTS) is 1. The summed E-state index contributed by atoms with van der Waals surface area (Å²) in [7, 11) is 1.52. The molecule has 0 atom stereocenters. The third-order valence-electron chi connectivity index (χ3n) is 2.58. The lowest BCUT2D eigenvalue weighted by molar-refractivity contribution is 0.0698. The lowest BCUT2D eigenvalue weighted by Gasteiger charge is -2.11. The van der Waals surface area contributed by atoms with Crippen LogP contribution in [-0.2, 0) is 0 Å². The van der Waals surface area contributed by atoms with Crippen molar-refractivity contribution in [2.24, 2.45) is 0 Å². The van der Waals surface area contributed by atoms with E-state index in [1.165, 1.54) is 13.3 Å². The predicted molar refractivity (Wildman–Crippen MR) is 67.3 cm³/mol. The average molecular weight is 267 g/mol. The Morgan fingerprint density at radius 3 is 2.83 bits per heavy atom. The van der Waals surface area contributed by atoms with Crippen LogP contribution in [-0.4, -0.2) is 28.4 Å². The summed E-state index contributed by atoms with van der Waals surface area (Å²) in [5, 5.41) is 16.0. The molecule has 0 aliphatic carbocycles. The minimum Gasteiger partial charge on any atom is -0.496 e. The topological polar surface area (TPSA) is 75.2 Å². The van der Waals surface area contributed by atoms with Gasteiger partial charge < -0.3 is 9.84 Å². The molecule has 1 aromatic carbocycles. The number of ether oxygens (including phenoxy) is 1. The van der Waals surface area contributed by atoms with Gasteiger partial charge >= 0.3 is 5.97 Å². The zero-order valence-corrected chi connectivity index (χ0v) is 10.6. The number of nitrogens with one attached hydrogen (secondary N) is 1. The SMILES string of the molecule is COc1c(C)cc(Cl)cc1-c1[nH]ncc1C(=O)O. The van der Waals surface area contributed by atoms with Gasteiger partial charge in [0.2, 0.25) is 0 Å². The van der Waals surface area contributed by atoms with Crippen LogP contribution in [0, 0.1) is 6.92 Å². The third-order valence-corrected chi connectivity index (χ3v) is 2.80. The predicted octanol–water partition coefficient (Wildman–Crippen LogP) is 2.75. The molecule has 2 N–H and O–H groups in total. The van der Waals surface area contributed by atoms with Crippen molar-refractivity contribution in [1.82, 2.24) is 10.2 Å². The van der Waals surface area contributed by atoms with Gasteiger partial charge in [0, 0.05) is 10.6 Å². The minimum atomic E-state index is -1.06. The monoisotopic (exact) mass is 266 g/mol. The Morgan fingerprint density at radius 2 is 2.22 bits per heavy atom. The smallest absolute Gasteiger partial charge is 0.339 e. The number of benzene rings is 1. The van der Waals surface area contributed by atoms with E-state index >= 15 is 0 Å². The van der Waals surface area contributed by atoms with Crippen molar-refractivity contribution >= 4 is 17.6 Å². The van der Waals surface area contributed by atoms with Crippen LogP contribution in [0.1, 0.15) is 15.9 Å². The van der Waals surface area contributed by atoms with Crippen LogP contribution in [0.3, 0.4) is 0 Å². The maximum Gasteiger partial charge on any atom is 0.339 e. The lowest BCUT2D eigenvalue weighted by Crippen LogP contribution is -1.99. The van der Waals surface area contributed by atoms with Crippen LogP contribution in [0.4, 0.5) is 0 Å². The van der Waals surface area contributed by atoms with Crippen molar-refractivity contribution in [3.63, 3.8) is 0 Å². The summed E-state index contributed by atoms with van der Waals surface area (Å²) in [5.41, 5.74) is 1.86. The van der Waals surface area contributed by atoms with Gasteiger partial charge in [-0.15, -0.1) is 0 Å². The number of carbonyl (C=O) groups is 1. The molecule has 0 unspecified atom stereocenters. The van der Waals surface area contributed by atoms with Crippen LogP contribution in [0.25, 0.3) is 11.3 Å². The molecular formula is C12H11ClN2O3. The van der Waals surface area contributed by atoms with E-state index in [0.29, 0.717) is 22.0 Å². The second-order valence-corrected chi connectivity index (χ2v) is 4.20. The first-order chi connectivity index (χ1) is 8.54. The van der Waals surface area contributed by atoms with E-state index in [1.54, 1.807) is 12.1 Å². The quantitative estimate of drug-likeness (QED) is 0.896. The summed E-state index contributed by atoms with van der Waals surface area (Å²) in [6.45, 7) is 1.84. The van der Waals surface area contributed by atoms with Gasteiger partial charge in [-0.2, -0.15) is 5.10 Å². The summed E-state index contributed by atoms with van der Waals surface area (Å²) in [6, 6.07) is 3.40. The summed E-state index contributed by atoms with van der Waals surface area (Å²) < 4.78 is 5.29. The number of H-pyrrole nitrogens is 1. The molecule has 0 aliphatic heterocycles. The fraction of sp³-hybridized carbons (Fsp3) is 0.167. The highest BCUT2D eigenvalue weighted by molar-refractivity contribution is 6.31. The van der Waals surface area contributed by atoms with Gasteiger partial charge in [0.05, 0.1) is 19.0 Å². The zero-order valence-electron chi connectivity index (χ0n) is 9.82. The molecule has 0 radical (unpaired) electrons. The van der Waals surface area contributed by atoms with Crippen LogP contribution in [0.5, 0.6) is 5.75 Å². The number of hydrogen-bond acceptors (Lipinski definition) is 3. The Bertz CT molecular complexity index is 607. The molecule has 18 heavy (non-hydrogen) atoms. The highest BCUT2D eigenvalue weighted by atomic mass is 35.5. The molecule has 0 saturated carbocycles. The van der Waals surface area contributed by atoms with Gasteiger partial charge in [-0.1, -0.05) is 11.6 Å².